The summed E-state index contributed by atoms with van der Waals surface area (Å²) in [6, 6.07) is 12.1. The first-order valence-corrected chi connectivity index (χ1v) is 6.03. The van der Waals surface area contributed by atoms with Crippen molar-refractivity contribution in [1.29, 1.82) is 0 Å². The Morgan fingerprint density at radius 3 is 2.74 bits per heavy atom. The van der Waals surface area contributed by atoms with Crippen LogP contribution in [0.4, 0.5) is 4.39 Å². The van der Waals surface area contributed by atoms with Crippen LogP contribution < -0.4 is 0 Å². The molecule has 0 bridgehead atoms. The van der Waals surface area contributed by atoms with Gasteiger partial charge in [-0.05, 0) is 36.2 Å². The number of para-hydroxylation sites is 2. The Hall–Kier alpha value is -2.20. The lowest BCUT2D eigenvalue weighted by atomic mass is 10.1. The van der Waals surface area contributed by atoms with Crippen molar-refractivity contribution in [2.45, 2.75) is 6.42 Å². The summed E-state index contributed by atoms with van der Waals surface area (Å²) < 4.78 is 19.5. The highest BCUT2D eigenvalue weighted by molar-refractivity contribution is 5.76. The summed E-state index contributed by atoms with van der Waals surface area (Å²) in [7, 11) is 0. The first-order chi connectivity index (χ1) is 9.28. The van der Waals surface area contributed by atoms with Gasteiger partial charge in [-0.1, -0.05) is 18.2 Å². The minimum Gasteiger partial charge on any atom is -0.436 e. The van der Waals surface area contributed by atoms with Crippen LogP contribution in [0.1, 0.15) is 5.56 Å². The maximum Gasteiger partial charge on any atom is 0.230 e. The van der Waals surface area contributed by atoms with E-state index < -0.39 is 5.82 Å². The number of oxazole rings is 1. The molecule has 0 saturated carbocycles. The van der Waals surface area contributed by atoms with Gasteiger partial charge in [-0.25, -0.2) is 9.37 Å². The number of fused-ring (bicyclic) bond motifs is 1. The van der Waals surface area contributed by atoms with Crippen LogP contribution in [0.5, 0.6) is 0 Å². The standard InChI is InChI=1S/C15H12FNO2/c16-12-9-10(7-8-18)5-6-11(12)15-17-13-3-1-2-4-14(13)19-15/h1-6,9,18H,7-8H2. The molecule has 0 aliphatic rings. The average Bonchev–Trinajstić information content (AvgIpc) is 2.82. The van der Waals surface area contributed by atoms with Gasteiger partial charge in [0.2, 0.25) is 5.89 Å². The molecule has 0 spiro atoms. The van der Waals surface area contributed by atoms with Crippen molar-refractivity contribution in [1.82, 2.24) is 4.98 Å². The molecule has 0 atom stereocenters. The first kappa shape index (κ1) is 11.9. The Morgan fingerprint density at radius 1 is 1.16 bits per heavy atom. The maximum absolute atomic E-state index is 14.0. The topological polar surface area (TPSA) is 46.3 Å². The van der Waals surface area contributed by atoms with Crippen LogP contribution in [0.2, 0.25) is 0 Å². The van der Waals surface area contributed by atoms with Gasteiger partial charge in [-0.15, -0.1) is 0 Å². The Balaban J connectivity index is 2.05. The Bertz CT molecular complexity index is 688. The molecule has 4 heteroatoms. The summed E-state index contributed by atoms with van der Waals surface area (Å²) in [5.41, 5.74) is 2.42. The number of hydrogen-bond acceptors (Lipinski definition) is 3. The van der Waals surface area contributed by atoms with Gasteiger partial charge >= 0.3 is 0 Å². The first-order valence-electron chi connectivity index (χ1n) is 6.03. The van der Waals surface area contributed by atoms with Crippen molar-refractivity contribution in [3.63, 3.8) is 0 Å². The highest BCUT2D eigenvalue weighted by Gasteiger charge is 2.12. The zero-order chi connectivity index (χ0) is 13.2. The lowest BCUT2D eigenvalue weighted by molar-refractivity contribution is 0.299. The molecule has 3 rings (SSSR count). The molecule has 2 aromatic carbocycles. The fraction of sp³-hybridized carbons (Fsp3) is 0.133. The third kappa shape index (κ3) is 2.22. The highest BCUT2D eigenvalue weighted by Crippen LogP contribution is 2.26. The quantitative estimate of drug-likeness (QED) is 0.784. The van der Waals surface area contributed by atoms with Crippen molar-refractivity contribution < 1.29 is 13.9 Å². The van der Waals surface area contributed by atoms with Gasteiger partial charge in [0.05, 0.1) is 5.56 Å². The minimum absolute atomic E-state index is 0.00166. The molecule has 1 aromatic heterocycles. The normalized spacial score (nSPS) is 11.1. The Kier molecular flexibility index (Phi) is 3.01. The van der Waals surface area contributed by atoms with Crippen molar-refractivity contribution in [2.24, 2.45) is 0 Å². The number of benzene rings is 2. The van der Waals surface area contributed by atoms with E-state index in [0.29, 0.717) is 23.1 Å². The molecule has 96 valence electrons. The second-order valence-electron chi connectivity index (χ2n) is 4.27. The van der Waals surface area contributed by atoms with Gasteiger partial charge in [-0.3, -0.25) is 0 Å². The number of halogens is 1. The van der Waals surface area contributed by atoms with Crippen LogP contribution in [-0.4, -0.2) is 16.7 Å². The van der Waals surface area contributed by atoms with Gasteiger partial charge in [0.15, 0.2) is 5.58 Å². The molecule has 3 aromatic rings. The predicted molar refractivity (Wildman–Crippen MR) is 70.2 cm³/mol. The van der Waals surface area contributed by atoms with Crippen LogP contribution in [0.25, 0.3) is 22.6 Å². The van der Waals surface area contributed by atoms with E-state index in [2.05, 4.69) is 4.98 Å². The maximum atomic E-state index is 14.0. The van der Waals surface area contributed by atoms with Crippen LogP contribution in [0.3, 0.4) is 0 Å². The molecule has 0 fully saturated rings. The summed E-state index contributed by atoms with van der Waals surface area (Å²) >= 11 is 0. The molecule has 3 nitrogen and oxygen atoms in total. The number of aliphatic hydroxyl groups excluding tert-OH is 1. The lowest BCUT2D eigenvalue weighted by Crippen LogP contribution is -1.93. The molecular weight excluding hydrogens is 245 g/mol. The summed E-state index contributed by atoms with van der Waals surface area (Å²) in [6.07, 6.45) is 0.435. The third-order valence-corrected chi connectivity index (χ3v) is 2.96. The SMILES string of the molecule is OCCc1ccc(-c2nc3ccccc3o2)c(F)c1. The molecule has 19 heavy (non-hydrogen) atoms. The summed E-state index contributed by atoms with van der Waals surface area (Å²) in [6.45, 7) is 0.00166. The number of hydrogen-bond donors (Lipinski definition) is 1. The van der Waals surface area contributed by atoms with Gasteiger partial charge in [0.25, 0.3) is 0 Å². The number of aromatic nitrogens is 1. The number of rotatable bonds is 3. The largest absolute Gasteiger partial charge is 0.436 e. The van der Waals surface area contributed by atoms with Crippen LogP contribution in [-0.2, 0) is 6.42 Å². The molecule has 0 aliphatic carbocycles. The average molecular weight is 257 g/mol. The molecule has 0 saturated heterocycles. The third-order valence-electron chi connectivity index (χ3n) is 2.96. The molecular formula is C15H12FNO2. The fourth-order valence-electron chi connectivity index (χ4n) is 2.00. The van der Waals surface area contributed by atoms with Gasteiger partial charge in [0.1, 0.15) is 11.3 Å². The smallest absolute Gasteiger partial charge is 0.230 e. The van der Waals surface area contributed by atoms with E-state index in [-0.39, 0.29) is 12.5 Å². The molecule has 0 radical (unpaired) electrons. The lowest BCUT2D eigenvalue weighted by Gasteiger charge is -2.02. The van der Waals surface area contributed by atoms with E-state index >= 15 is 0 Å². The van der Waals surface area contributed by atoms with E-state index in [4.69, 9.17) is 9.52 Å². The highest BCUT2D eigenvalue weighted by atomic mass is 19.1. The van der Waals surface area contributed by atoms with E-state index in [9.17, 15) is 4.39 Å². The van der Waals surface area contributed by atoms with Crippen molar-refractivity contribution >= 4 is 11.1 Å². The zero-order valence-electron chi connectivity index (χ0n) is 10.1. The van der Waals surface area contributed by atoms with Crippen molar-refractivity contribution in [2.75, 3.05) is 6.61 Å². The molecule has 0 amide bonds. The van der Waals surface area contributed by atoms with Crippen molar-refractivity contribution in [3.8, 4) is 11.5 Å². The van der Waals surface area contributed by atoms with E-state index in [1.54, 1.807) is 18.2 Å². The Labute approximate surface area is 109 Å². The van der Waals surface area contributed by atoms with Gasteiger partial charge in [0, 0.05) is 6.61 Å². The van der Waals surface area contributed by atoms with E-state index in [0.717, 1.165) is 5.56 Å². The molecule has 0 unspecified atom stereocenters. The van der Waals surface area contributed by atoms with Crippen LogP contribution >= 0.6 is 0 Å². The summed E-state index contributed by atoms with van der Waals surface area (Å²) in [5.74, 6) is -0.119. The number of aliphatic hydroxyl groups is 1. The van der Waals surface area contributed by atoms with Crippen LogP contribution in [0, 0.1) is 5.82 Å². The second-order valence-corrected chi connectivity index (χ2v) is 4.27. The van der Waals surface area contributed by atoms with E-state index in [1.165, 1.54) is 6.07 Å². The van der Waals surface area contributed by atoms with Crippen LogP contribution in [0.15, 0.2) is 46.9 Å². The molecule has 0 aliphatic heterocycles. The van der Waals surface area contributed by atoms with E-state index in [1.807, 2.05) is 18.2 Å². The van der Waals surface area contributed by atoms with Crippen molar-refractivity contribution in [3.05, 3.63) is 53.8 Å². The Morgan fingerprint density at radius 2 is 2.00 bits per heavy atom. The predicted octanol–water partition coefficient (Wildman–Crippen LogP) is 3.17. The fourth-order valence-corrected chi connectivity index (χ4v) is 2.00. The summed E-state index contributed by atoms with van der Waals surface area (Å²) in [5, 5.41) is 8.84. The minimum atomic E-state index is -0.391. The summed E-state index contributed by atoms with van der Waals surface area (Å²) in [4.78, 5) is 4.26. The van der Waals surface area contributed by atoms with Gasteiger partial charge < -0.3 is 9.52 Å². The second kappa shape index (κ2) is 4.82. The number of nitrogens with zero attached hydrogens (tertiary/aromatic N) is 1. The molecule has 1 N–H and O–H groups in total. The monoisotopic (exact) mass is 257 g/mol. The zero-order valence-corrected chi connectivity index (χ0v) is 10.1. The molecule has 1 heterocycles. The van der Waals surface area contributed by atoms with Gasteiger partial charge in [-0.2, -0.15) is 0 Å².